The number of carbonyl (C=O) groups is 2. The van der Waals surface area contributed by atoms with Crippen molar-refractivity contribution in [2.45, 2.75) is 50.9 Å². The van der Waals surface area contributed by atoms with E-state index in [4.69, 9.17) is 32.9 Å². The van der Waals surface area contributed by atoms with Crippen molar-refractivity contribution in [3.05, 3.63) is 69.3 Å². The molecule has 1 aliphatic heterocycles. The number of anilines is 3. The monoisotopic (exact) mass is 729 g/mol. The van der Waals surface area contributed by atoms with Gasteiger partial charge in [-0.1, -0.05) is 35.3 Å². The van der Waals surface area contributed by atoms with Gasteiger partial charge >= 0.3 is 6.18 Å². The third-order valence-electron chi connectivity index (χ3n) is 10.1. The molecule has 264 valence electrons. The second-order valence-corrected chi connectivity index (χ2v) is 14.1. The fourth-order valence-electron chi connectivity index (χ4n) is 7.09. The van der Waals surface area contributed by atoms with E-state index in [1.54, 1.807) is 36.4 Å². The molecule has 2 saturated carbocycles. The molecule has 2 aromatic heterocycles. The summed E-state index contributed by atoms with van der Waals surface area (Å²) < 4.78 is 46.7. The van der Waals surface area contributed by atoms with Crippen molar-refractivity contribution < 1.29 is 27.5 Å². The predicted octanol–water partition coefficient (Wildman–Crippen LogP) is 7.26. The van der Waals surface area contributed by atoms with Gasteiger partial charge in [-0.25, -0.2) is 9.97 Å². The smallest absolute Gasteiger partial charge is 0.391 e. The fraction of sp³-hybridized carbons (Fsp3) is 0.429. The minimum atomic E-state index is -4.21. The summed E-state index contributed by atoms with van der Waals surface area (Å²) in [6.45, 7) is 1.79. The lowest BCUT2D eigenvalue weighted by Gasteiger charge is -2.31. The van der Waals surface area contributed by atoms with E-state index in [0.29, 0.717) is 56.0 Å². The number of imidazole rings is 1. The van der Waals surface area contributed by atoms with Crippen LogP contribution >= 0.6 is 23.2 Å². The van der Waals surface area contributed by atoms with Gasteiger partial charge in [0.05, 0.1) is 51.0 Å². The SMILES string of the molecule is COc1cccc(C(=O)NCc2ccc(Cl)c(Nc3nc4cc(C(=O)N[C@H]5CC[C@H](C(F)(F)F)CC5)c(N5CC6CC6C5)cc4n3C)c2Cl)n1. The first-order valence-corrected chi connectivity index (χ1v) is 17.3. The molecule has 3 N–H and O–H groups in total. The number of ether oxygens (including phenoxy) is 1. The fourth-order valence-corrected chi connectivity index (χ4v) is 7.62. The number of halogens is 5. The number of methoxy groups -OCH3 is 1. The Labute approximate surface area is 296 Å². The van der Waals surface area contributed by atoms with Crippen molar-refractivity contribution in [1.29, 1.82) is 0 Å². The van der Waals surface area contributed by atoms with E-state index in [2.05, 4.69) is 25.8 Å². The summed E-state index contributed by atoms with van der Waals surface area (Å²) in [5, 5.41) is 9.71. The molecule has 1 saturated heterocycles. The van der Waals surface area contributed by atoms with Gasteiger partial charge in [-0.15, -0.1) is 0 Å². The summed E-state index contributed by atoms with van der Waals surface area (Å²) >= 11 is 13.4. The van der Waals surface area contributed by atoms with E-state index >= 15 is 0 Å². The van der Waals surface area contributed by atoms with Crippen LogP contribution in [0.4, 0.5) is 30.5 Å². The predicted molar refractivity (Wildman–Crippen MR) is 185 cm³/mol. The number of alkyl halides is 3. The maximum absolute atomic E-state index is 13.8. The molecule has 3 fully saturated rings. The summed E-state index contributed by atoms with van der Waals surface area (Å²) in [6.07, 6.45) is -2.46. The zero-order chi connectivity index (χ0) is 35.3. The molecule has 0 bridgehead atoms. The van der Waals surface area contributed by atoms with Gasteiger partial charge in [0.2, 0.25) is 11.8 Å². The maximum atomic E-state index is 13.8. The molecule has 0 spiro atoms. The quantitative estimate of drug-likeness (QED) is 0.166. The number of aromatic nitrogens is 3. The van der Waals surface area contributed by atoms with Gasteiger partial charge in [-0.2, -0.15) is 13.2 Å². The van der Waals surface area contributed by atoms with Crippen molar-refractivity contribution in [3.63, 3.8) is 0 Å². The second-order valence-electron chi connectivity index (χ2n) is 13.3. The number of benzene rings is 2. The molecule has 7 rings (SSSR count). The highest BCUT2D eigenvalue weighted by Crippen LogP contribution is 2.47. The first-order chi connectivity index (χ1) is 23.9. The van der Waals surface area contributed by atoms with E-state index in [1.807, 2.05) is 17.7 Å². The minimum Gasteiger partial charge on any atom is -0.481 e. The van der Waals surface area contributed by atoms with E-state index < -0.39 is 18.0 Å². The normalized spacial score (nSPS) is 21.5. The molecule has 0 radical (unpaired) electrons. The number of nitrogens with zero attached hydrogens (tertiary/aromatic N) is 4. The largest absolute Gasteiger partial charge is 0.481 e. The van der Waals surface area contributed by atoms with Gasteiger partial charge in [0.1, 0.15) is 5.69 Å². The molecule has 2 aromatic carbocycles. The number of carbonyl (C=O) groups excluding carboxylic acids is 2. The highest BCUT2D eigenvalue weighted by molar-refractivity contribution is 6.39. The Morgan fingerprint density at radius 1 is 1.00 bits per heavy atom. The molecule has 4 aromatic rings. The lowest BCUT2D eigenvalue weighted by Crippen LogP contribution is -2.40. The third-order valence-corrected chi connectivity index (χ3v) is 10.8. The van der Waals surface area contributed by atoms with Gasteiger partial charge in [0, 0.05) is 38.8 Å². The first kappa shape index (κ1) is 34.2. The number of hydrogen-bond donors (Lipinski definition) is 3. The van der Waals surface area contributed by atoms with E-state index in [1.165, 1.54) is 13.5 Å². The van der Waals surface area contributed by atoms with Crippen LogP contribution < -0.4 is 25.6 Å². The molecule has 3 aliphatic rings. The Kier molecular flexibility index (Phi) is 9.23. The second kappa shape index (κ2) is 13.5. The Morgan fingerprint density at radius 3 is 2.44 bits per heavy atom. The average molecular weight is 731 g/mol. The van der Waals surface area contributed by atoms with Crippen LogP contribution in [0.25, 0.3) is 11.0 Å². The van der Waals surface area contributed by atoms with Crippen molar-refractivity contribution >= 4 is 63.4 Å². The molecule has 15 heteroatoms. The molecule has 2 aliphatic carbocycles. The first-order valence-electron chi connectivity index (χ1n) is 16.6. The van der Waals surface area contributed by atoms with E-state index in [0.717, 1.165) is 24.3 Å². The van der Waals surface area contributed by atoms with Crippen LogP contribution in [-0.2, 0) is 13.6 Å². The van der Waals surface area contributed by atoms with E-state index in [-0.39, 0.29) is 49.9 Å². The number of nitrogens with one attached hydrogen (secondary N) is 3. The van der Waals surface area contributed by atoms with Crippen molar-refractivity contribution in [2.24, 2.45) is 24.8 Å². The number of rotatable bonds is 9. The number of amides is 2. The number of hydrogen-bond acceptors (Lipinski definition) is 7. The molecule has 3 heterocycles. The van der Waals surface area contributed by atoms with Crippen LogP contribution in [-0.4, -0.2) is 58.8 Å². The molecule has 2 amide bonds. The Hall–Kier alpha value is -4.23. The molecule has 2 unspecified atom stereocenters. The van der Waals surface area contributed by atoms with Crippen LogP contribution in [0.5, 0.6) is 5.88 Å². The van der Waals surface area contributed by atoms with E-state index in [9.17, 15) is 22.8 Å². The number of piperidine rings is 1. The summed E-state index contributed by atoms with van der Waals surface area (Å²) in [5.74, 6) is -0.0882. The van der Waals surface area contributed by atoms with Crippen LogP contribution in [0.1, 0.15) is 58.5 Å². The number of aryl methyl sites for hydroxylation is 1. The summed E-state index contributed by atoms with van der Waals surface area (Å²) in [5.41, 5.74) is 3.74. The summed E-state index contributed by atoms with van der Waals surface area (Å²) in [6, 6.07) is 11.7. The van der Waals surface area contributed by atoms with Crippen LogP contribution in [0, 0.1) is 17.8 Å². The zero-order valence-electron chi connectivity index (χ0n) is 27.4. The van der Waals surface area contributed by atoms with Crippen molar-refractivity contribution in [3.8, 4) is 5.88 Å². The molecular weight excluding hydrogens is 694 g/mol. The summed E-state index contributed by atoms with van der Waals surface area (Å²) in [4.78, 5) is 37.7. The third kappa shape index (κ3) is 6.89. The van der Waals surface area contributed by atoms with Gasteiger partial charge < -0.3 is 30.2 Å². The van der Waals surface area contributed by atoms with Crippen LogP contribution in [0.3, 0.4) is 0 Å². The Morgan fingerprint density at radius 2 is 1.74 bits per heavy atom. The Balaban J connectivity index is 1.13. The Bertz CT molecular complexity index is 1950. The molecule has 2 atom stereocenters. The maximum Gasteiger partial charge on any atom is 0.391 e. The lowest BCUT2D eigenvalue weighted by atomic mass is 9.85. The molecular formula is C35H36Cl2F3N7O3. The van der Waals surface area contributed by atoms with Gasteiger partial charge in [-0.3, -0.25) is 9.59 Å². The topological polar surface area (TPSA) is 113 Å². The number of pyridine rings is 1. The van der Waals surface area contributed by atoms with Crippen LogP contribution in [0.15, 0.2) is 42.5 Å². The highest BCUT2D eigenvalue weighted by atomic mass is 35.5. The zero-order valence-corrected chi connectivity index (χ0v) is 28.9. The lowest BCUT2D eigenvalue weighted by molar-refractivity contribution is -0.182. The summed E-state index contributed by atoms with van der Waals surface area (Å²) in [7, 11) is 3.31. The van der Waals surface area contributed by atoms with Crippen LogP contribution in [0.2, 0.25) is 10.0 Å². The van der Waals surface area contributed by atoms with Gasteiger partial charge in [-0.05, 0) is 73.8 Å². The molecule has 10 nitrogen and oxygen atoms in total. The molecule has 50 heavy (non-hydrogen) atoms. The highest BCUT2D eigenvalue weighted by Gasteiger charge is 2.46. The van der Waals surface area contributed by atoms with Gasteiger partial charge in [0.15, 0.2) is 0 Å². The van der Waals surface area contributed by atoms with Crippen molar-refractivity contribution in [2.75, 3.05) is 30.4 Å². The standard InChI is InChI=1S/C35H36Cl2F3N7O3/c1-46-28-14-27(47-16-19-12-20(19)17-47)23(32(48)42-22-9-7-21(8-10-22)35(38,39)40)13-26(28)44-34(46)45-31-24(36)11-6-18(30(31)37)15-41-33(49)25-4-3-5-29(43-25)50-2/h3-6,11,13-14,19-22H,7-10,12,15-17H2,1-2H3,(H,41,49)(H,42,48)(H,44,45)/t19?,20?,21-,22-. The average Bonchev–Trinajstić information content (AvgIpc) is 3.59. The van der Waals surface area contributed by atoms with Crippen molar-refractivity contribution in [1.82, 2.24) is 25.2 Å². The van der Waals surface area contributed by atoms with Gasteiger partial charge in [0.25, 0.3) is 11.8 Å². The number of fused-ring (bicyclic) bond motifs is 2. The minimum absolute atomic E-state index is 0.00322.